The van der Waals surface area contributed by atoms with Gasteiger partial charge in [-0.1, -0.05) is 19.3 Å². The molecule has 2 aromatic rings. The normalized spacial score (nSPS) is 14.2. The average Bonchev–Trinajstić information content (AvgIpc) is 3.36. The second-order valence-electron chi connectivity index (χ2n) is 6.83. The zero-order valence-corrected chi connectivity index (χ0v) is 18.8. The SMILES string of the molecule is Brc1ccc(-c2cnc(C3CCCCC3)[nH]2)s1.COC(=O)NN(C=O)C(C)C. The number of ether oxygens (including phenoxy) is 1. The zero-order chi connectivity index (χ0) is 20.5. The van der Waals surface area contributed by atoms with Crippen LogP contribution in [-0.2, 0) is 9.53 Å². The molecule has 154 valence electrons. The van der Waals surface area contributed by atoms with Crippen molar-refractivity contribution in [3.8, 4) is 10.6 Å². The number of H-pyrrole nitrogens is 1. The quantitative estimate of drug-likeness (QED) is 0.471. The highest BCUT2D eigenvalue weighted by Crippen LogP contribution is 2.34. The lowest BCUT2D eigenvalue weighted by Gasteiger charge is -2.20. The molecule has 2 heterocycles. The molecule has 28 heavy (non-hydrogen) atoms. The number of carbonyl (C=O) groups excluding carboxylic acids is 2. The fourth-order valence-electron chi connectivity index (χ4n) is 2.93. The van der Waals surface area contributed by atoms with E-state index in [1.54, 1.807) is 25.2 Å². The Morgan fingerprint density at radius 2 is 2.11 bits per heavy atom. The largest absolute Gasteiger partial charge is 0.452 e. The molecule has 0 aliphatic heterocycles. The summed E-state index contributed by atoms with van der Waals surface area (Å²) in [5.41, 5.74) is 3.37. The number of nitrogens with one attached hydrogen (secondary N) is 2. The number of aromatic amines is 1. The maximum Gasteiger partial charge on any atom is 0.425 e. The van der Waals surface area contributed by atoms with Crippen molar-refractivity contribution in [2.45, 2.75) is 57.9 Å². The highest BCUT2D eigenvalue weighted by atomic mass is 79.9. The molecule has 2 N–H and O–H groups in total. The van der Waals surface area contributed by atoms with Crippen molar-refractivity contribution in [2.24, 2.45) is 0 Å². The number of carbonyl (C=O) groups is 2. The highest BCUT2D eigenvalue weighted by molar-refractivity contribution is 9.11. The number of amides is 2. The van der Waals surface area contributed by atoms with Gasteiger partial charge in [-0.25, -0.2) is 15.2 Å². The summed E-state index contributed by atoms with van der Waals surface area (Å²) < 4.78 is 5.45. The summed E-state index contributed by atoms with van der Waals surface area (Å²) in [5.74, 6) is 1.84. The summed E-state index contributed by atoms with van der Waals surface area (Å²) >= 11 is 5.24. The summed E-state index contributed by atoms with van der Waals surface area (Å²) in [5, 5.41) is 1.12. The van der Waals surface area contributed by atoms with Gasteiger partial charge in [0.2, 0.25) is 6.41 Å². The number of rotatable bonds is 5. The van der Waals surface area contributed by atoms with Crippen LogP contribution in [0.5, 0.6) is 0 Å². The standard InChI is InChI=1S/C13H15BrN2S.C6H12N2O3/c14-12-7-6-11(17-12)10-8-15-13(16-10)9-4-2-1-3-5-9;1-5(2)8(4-9)7-6(10)11-3/h6-9H,1-5H2,(H,15,16);4-5H,1-3H3,(H,7,10). The van der Waals surface area contributed by atoms with Gasteiger partial charge in [-0.05, 0) is 54.8 Å². The highest BCUT2D eigenvalue weighted by Gasteiger charge is 2.18. The van der Waals surface area contributed by atoms with Gasteiger partial charge >= 0.3 is 6.09 Å². The van der Waals surface area contributed by atoms with E-state index in [-0.39, 0.29) is 6.04 Å². The lowest BCUT2D eigenvalue weighted by atomic mass is 9.89. The lowest BCUT2D eigenvalue weighted by molar-refractivity contribution is -0.122. The third-order valence-corrected chi connectivity index (χ3v) is 6.16. The van der Waals surface area contributed by atoms with E-state index in [1.807, 2.05) is 6.20 Å². The Bertz CT molecular complexity index is 756. The second kappa shape index (κ2) is 11.2. The molecule has 3 rings (SSSR count). The minimum Gasteiger partial charge on any atom is -0.452 e. The Kier molecular flexibility index (Phi) is 8.98. The first-order valence-electron chi connectivity index (χ1n) is 9.33. The van der Waals surface area contributed by atoms with E-state index in [1.165, 1.54) is 53.7 Å². The van der Waals surface area contributed by atoms with E-state index < -0.39 is 6.09 Å². The van der Waals surface area contributed by atoms with Crippen LogP contribution in [0, 0.1) is 0 Å². The molecule has 1 aliphatic carbocycles. The molecule has 1 aliphatic rings. The monoisotopic (exact) mass is 470 g/mol. The van der Waals surface area contributed by atoms with Gasteiger partial charge in [0.05, 0.1) is 27.7 Å². The lowest BCUT2D eigenvalue weighted by Crippen LogP contribution is -2.45. The summed E-state index contributed by atoms with van der Waals surface area (Å²) in [4.78, 5) is 30.1. The third-order valence-electron chi connectivity index (χ3n) is 4.50. The summed E-state index contributed by atoms with van der Waals surface area (Å²) in [6.07, 6.45) is 8.54. The molecule has 0 saturated heterocycles. The van der Waals surface area contributed by atoms with E-state index in [9.17, 15) is 9.59 Å². The Morgan fingerprint density at radius 3 is 2.64 bits per heavy atom. The Balaban J connectivity index is 0.000000224. The van der Waals surface area contributed by atoms with Crippen LogP contribution in [0.25, 0.3) is 10.6 Å². The zero-order valence-electron chi connectivity index (χ0n) is 16.4. The minimum atomic E-state index is -0.647. The van der Waals surface area contributed by atoms with E-state index in [2.05, 4.69) is 48.2 Å². The topological polar surface area (TPSA) is 87.3 Å². The van der Waals surface area contributed by atoms with Gasteiger partial charge in [0.15, 0.2) is 0 Å². The van der Waals surface area contributed by atoms with Gasteiger partial charge in [0.25, 0.3) is 0 Å². The van der Waals surface area contributed by atoms with Crippen LogP contribution in [0.3, 0.4) is 0 Å². The number of imidazole rings is 1. The number of hydrogen-bond acceptors (Lipinski definition) is 5. The molecular formula is C19H27BrN4O3S. The molecule has 0 bridgehead atoms. The molecule has 1 saturated carbocycles. The van der Waals surface area contributed by atoms with E-state index in [0.717, 1.165) is 10.7 Å². The third kappa shape index (κ3) is 6.63. The maximum atomic E-state index is 10.6. The van der Waals surface area contributed by atoms with Gasteiger partial charge in [-0.15, -0.1) is 11.3 Å². The van der Waals surface area contributed by atoms with E-state index >= 15 is 0 Å². The number of methoxy groups -OCH3 is 1. The first-order valence-corrected chi connectivity index (χ1v) is 10.9. The molecule has 0 unspecified atom stereocenters. The van der Waals surface area contributed by atoms with Gasteiger partial charge in [-0.3, -0.25) is 9.80 Å². The number of thiophene rings is 1. The summed E-state index contributed by atoms with van der Waals surface area (Å²) in [6.45, 7) is 3.54. The predicted octanol–water partition coefficient (Wildman–Crippen LogP) is 5.07. The summed E-state index contributed by atoms with van der Waals surface area (Å²) in [7, 11) is 1.23. The number of aromatic nitrogens is 2. The number of hydrazine groups is 1. The van der Waals surface area contributed by atoms with E-state index in [4.69, 9.17) is 0 Å². The molecule has 9 heteroatoms. The second-order valence-corrected chi connectivity index (χ2v) is 9.29. The number of hydrogen-bond donors (Lipinski definition) is 2. The van der Waals surface area contributed by atoms with Crippen LogP contribution in [0.2, 0.25) is 0 Å². The molecule has 0 spiro atoms. The van der Waals surface area contributed by atoms with Crippen molar-refractivity contribution in [3.63, 3.8) is 0 Å². The minimum absolute atomic E-state index is 0.0772. The predicted molar refractivity (Wildman–Crippen MR) is 114 cm³/mol. The van der Waals surface area contributed by atoms with Crippen molar-refractivity contribution in [2.75, 3.05) is 7.11 Å². The van der Waals surface area contributed by atoms with Crippen LogP contribution in [0.1, 0.15) is 57.7 Å². The van der Waals surface area contributed by atoms with Crippen LogP contribution >= 0.6 is 27.3 Å². The van der Waals surface area contributed by atoms with Gasteiger partial charge in [-0.2, -0.15) is 0 Å². The fraction of sp³-hybridized carbons (Fsp3) is 0.526. The first-order chi connectivity index (χ1) is 13.4. The van der Waals surface area contributed by atoms with Crippen LogP contribution < -0.4 is 5.43 Å². The van der Waals surface area contributed by atoms with Crippen LogP contribution in [0.4, 0.5) is 4.79 Å². The molecular weight excluding hydrogens is 444 g/mol. The van der Waals surface area contributed by atoms with Crippen molar-refractivity contribution < 1.29 is 14.3 Å². The Labute approximate surface area is 178 Å². The molecule has 0 atom stereocenters. The smallest absolute Gasteiger partial charge is 0.425 e. The van der Waals surface area contributed by atoms with Gasteiger partial charge in [0.1, 0.15) is 5.82 Å². The fourth-order valence-corrected chi connectivity index (χ4v) is 4.28. The molecule has 1 fully saturated rings. The molecule has 2 aromatic heterocycles. The van der Waals surface area contributed by atoms with Crippen molar-refractivity contribution in [3.05, 3.63) is 27.9 Å². The van der Waals surface area contributed by atoms with Crippen LogP contribution in [-0.4, -0.2) is 40.6 Å². The number of halogens is 1. The first kappa shape index (κ1) is 22.4. The Hall–Kier alpha value is -1.87. The van der Waals surface area contributed by atoms with Crippen molar-refractivity contribution in [1.82, 2.24) is 20.4 Å². The summed E-state index contributed by atoms with van der Waals surface area (Å²) in [6, 6.07) is 4.14. The maximum absolute atomic E-state index is 10.6. The average molecular weight is 471 g/mol. The molecule has 7 nitrogen and oxygen atoms in total. The van der Waals surface area contributed by atoms with Crippen LogP contribution in [0.15, 0.2) is 22.1 Å². The molecule has 0 radical (unpaired) electrons. The van der Waals surface area contributed by atoms with E-state index in [0.29, 0.717) is 12.3 Å². The number of nitrogens with zero attached hydrogens (tertiary/aromatic N) is 2. The van der Waals surface area contributed by atoms with Crippen molar-refractivity contribution >= 4 is 39.8 Å². The molecule has 2 amide bonds. The van der Waals surface area contributed by atoms with Gasteiger partial charge < -0.3 is 9.72 Å². The molecule has 0 aromatic carbocycles. The van der Waals surface area contributed by atoms with Crippen molar-refractivity contribution in [1.29, 1.82) is 0 Å². The van der Waals surface area contributed by atoms with Gasteiger partial charge in [0, 0.05) is 12.0 Å². The Morgan fingerprint density at radius 1 is 1.39 bits per heavy atom.